The largest absolute Gasteiger partial charge is 0.474 e. The van der Waals surface area contributed by atoms with Crippen molar-refractivity contribution in [3.8, 4) is 17.3 Å². The first-order chi connectivity index (χ1) is 10.2. The highest BCUT2D eigenvalue weighted by molar-refractivity contribution is 5.80. The molecule has 106 valence electrons. The van der Waals surface area contributed by atoms with Gasteiger partial charge in [-0.1, -0.05) is 0 Å². The second kappa shape index (κ2) is 4.44. The molecule has 0 bridgehead atoms. The van der Waals surface area contributed by atoms with Crippen LogP contribution in [0.5, 0.6) is 5.88 Å². The molecular weight excluding hydrogens is 266 g/mol. The molecule has 3 aromatic rings. The number of hydrogen-bond acceptors (Lipinski definition) is 5. The van der Waals surface area contributed by atoms with Crippen molar-refractivity contribution in [1.82, 2.24) is 19.5 Å². The van der Waals surface area contributed by atoms with Gasteiger partial charge in [-0.25, -0.2) is 9.97 Å². The molecule has 1 aliphatic rings. The highest BCUT2D eigenvalue weighted by Gasteiger charge is 2.24. The lowest BCUT2D eigenvalue weighted by Crippen LogP contribution is -2.00. The van der Waals surface area contributed by atoms with Crippen LogP contribution in [-0.2, 0) is 7.05 Å². The zero-order valence-electron chi connectivity index (χ0n) is 11.7. The summed E-state index contributed by atoms with van der Waals surface area (Å²) in [7, 11) is 1.92. The van der Waals surface area contributed by atoms with Gasteiger partial charge in [0.05, 0.1) is 5.56 Å². The topological polar surface area (TPSA) is 78.9 Å². The van der Waals surface area contributed by atoms with Gasteiger partial charge in [-0.15, -0.1) is 0 Å². The third-order valence-electron chi connectivity index (χ3n) is 3.58. The molecule has 0 aromatic carbocycles. The first-order valence-electron chi connectivity index (χ1n) is 6.93. The Bertz CT molecular complexity index is 822. The summed E-state index contributed by atoms with van der Waals surface area (Å²) in [4.78, 5) is 13.3. The van der Waals surface area contributed by atoms with Crippen LogP contribution in [0.4, 0.5) is 5.82 Å². The number of nitrogens with two attached hydrogens (primary N) is 1. The summed E-state index contributed by atoms with van der Waals surface area (Å²) in [5.41, 5.74) is 8.35. The molecule has 1 aliphatic carbocycles. The SMILES string of the molecule is Cn1c(-c2cccnc2N)nc2ccc(OC3CC3)nc21. The minimum Gasteiger partial charge on any atom is -0.474 e. The summed E-state index contributed by atoms with van der Waals surface area (Å²) in [6.45, 7) is 0. The Balaban J connectivity index is 1.83. The Hall–Kier alpha value is -2.63. The predicted molar refractivity (Wildman–Crippen MR) is 79.8 cm³/mol. The molecule has 1 fully saturated rings. The summed E-state index contributed by atoms with van der Waals surface area (Å²) in [6, 6.07) is 7.55. The summed E-state index contributed by atoms with van der Waals surface area (Å²) in [6.07, 6.45) is 4.23. The lowest BCUT2D eigenvalue weighted by molar-refractivity contribution is 0.292. The number of pyridine rings is 2. The monoisotopic (exact) mass is 281 g/mol. The molecule has 1 saturated carbocycles. The van der Waals surface area contributed by atoms with Gasteiger partial charge in [-0.3, -0.25) is 0 Å². The maximum absolute atomic E-state index is 5.94. The van der Waals surface area contributed by atoms with Gasteiger partial charge in [0.1, 0.15) is 23.3 Å². The van der Waals surface area contributed by atoms with E-state index >= 15 is 0 Å². The lowest BCUT2D eigenvalue weighted by atomic mass is 10.2. The van der Waals surface area contributed by atoms with Gasteiger partial charge in [0.25, 0.3) is 0 Å². The standard InChI is InChI=1S/C15H15N5O/c1-20-14(10-3-2-8-17-13(10)16)18-11-6-7-12(19-15(11)20)21-9-4-5-9/h2-3,6-9H,4-5H2,1H3,(H2,16,17). The van der Waals surface area contributed by atoms with Gasteiger partial charge >= 0.3 is 0 Å². The highest BCUT2D eigenvalue weighted by Crippen LogP contribution is 2.29. The molecule has 0 atom stereocenters. The van der Waals surface area contributed by atoms with Crippen LogP contribution < -0.4 is 10.5 Å². The highest BCUT2D eigenvalue weighted by atomic mass is 16.5. The first kappa shape index (κ1) is 12.1. The molecule has 0 spiro atoms. The minimum absolute atomic E-state index is 0.330. The molecule has 4 rings (SSSR count). The van der Waals surface area contributed by atoms with Crippen molar-refractivity contribution in [3.63, 3.8) is 0 Å². The summed E-state index contributed by atoms with van der Waals surface area (Å²) >= 11 is 0. The number of ether oxygens (including phenoxy) is 1. The number of nitrogen functional groups attached to an aromatic ring is 1. The molecule has 6 nitrogen and oxygen atoms in total. The minimum atomic E-state index is 0.330. The second-order valence-electron chi connectivity index (χ2n) is 5.24. The maximum atomic E-state index is 5.94. The van der Waals surface area contributed by atoms with E-state index in [2.05, 4.69) is 15.0 Å². The van der Waals surface area contributed by atoms with Gasteiger partial charge < -0.3 is 15.0 Å². The zero-order chi connectivity index (χ0) is 14.4. The number of aryl methyl sites for hydroxylation is 1. The maximum Gasteiger partial charge on any atom is 0.215 e. The van der Waals surface area contributed by atoms with E-state index in [1.165, 1.54) is 0 Å². The number of fused-ring (bicyclic) bond motifs is 1. The van der Waals surface area contributed by atoms with Gasteiger partial charge in [0, 0.05) is 19.3 Å². The third kappa shape index (κ3) is 2.08. The number of aromatic nitrogens is 4. The van der Waals surface area contributed by atoms with E-state index in [4.69, 9.17) is 10.5 Å². The third-order valence-corrected chi connectivity index (χ3v) is 3.58. The molecule has 0 unspecified atom stereocenters. The predicted octanol–water partition coefficient (Wildman–Crippen LogP) is 2.15. The van der Waals surface area contributed by atoms with Crippen LogP contribution >= 0.6 is 0 Å². The molecule has 3 aromatic heterocycles. The molecular formula is C15H15N5O. The lowest BCUT2D eigenvalue weighted by Gasteiger charge is -2.05. The Morgan fingerprint density at radius 2 is 2.10 bits per heavy atom. The van der Waals surface area contributed by atoms with Crippen LogP contribution in [0.3, 0.4) is 0 Å². The van der Waals surface area contributed by atoms with E-state index in [9.17, 15) is 0 Å². The fourth-order valence-electron chi connectivity index (χ4n) is 2.32. The van der Waals surface area contributed by atoms with Crippen LogP contribution in [0, 0.1) is 0 Å². The molecule has 2 N–H and O–H groups in total. The van der Waals surface area contributed by atoms with Gasteiger partial charge in [-0.2, -0.15) is 4.98 Å². The molecule has 6 heteroatoms. The molecule has 0 amide bonds. The molecule has 0 aliphatic heterocycles. The number of nitrogens with zero attached hydrogens (tertiary/aromatic N) is 4. The Morgan fingerprint density at radius 3 is 2.86 bits per heavy atom. The van der Waals surface area contributed by atoms with Crippen molar-refractivity contribution >= 4 is 17.0 Å². The van der Waals surface area contributed by atoms with Crippen molar-refractivity contribution in [2.75, 3.05) is 5.73 Å². The van der Waals surface area contributed by atoms with Crippen LogP contribution in [0.15, 0.2) is 30.5 Å². The average Bonchev–Trinajstić information content (AvgIpc) is 3.24. The van der Waals surface area contributed by atoms with Gasteiger partial charge in [0.2, 0.25) is 5.88 Å². The van der Waals surface area contributed by atoms with E-state index < -0.39 is 0 Å². The van der Waals surface area contributed by atoms with Crippen LogP contribution in [0.2, 0.25) is 0 Å². The van der Waals surface area contributed by atoms with Gasteiger partial charge in [0.15, 0.2) is 5.65 Å². The molecule has 0 radical (unpaired) electrons. The quantitative estimate of drug-likeness (QED) is 0.795. The van der Waals surface area contributed by atoms with E-state index in [0.29, 0.717) is 17.8 Å². The number of imidazole rings is 1. The van der Waals surface area contributed by atoms with Crippen LogP contribution in [0.1, 0.15) is 12.8 Å². The van der Waals surface area contributed by atoms with E-state index in [1.54, 1.807) is 6.20 Å². The molecule has 3 heterocycles. The summed E-state index contributed by atoms with van der Waals surface area (Å²) < 4.78 is 7.66. The van der Waals surface area contributed by atoms with E-state index in [1.807, 2.05) is 35.9 Å². The van der Waals surface area contributed by atoms with E-state index in [-0.39, 0.29) is 0 Å². The fraction of sp³-hybridized carbons (Fsp3) is 0.267. The normalized spacial score (nSPS) is 14.5. The zero-order valence-corrected chi connectivity index (χ0v) is 11.7. The number of anilines is 1. The number of hydrogen-bond donors (Lipinski definition) is 1. The van der Waals surface area contributed by atoms with Crippen molar-refractivity contribution in [3.05, 3.63) is 30.5 Å². The van der Waals surface area contributed by atoms with Crippen molar-refractivity contribution in [2.45, 2.75) is 18.9 Å². The van der Waals surface area contributed by atoms with Crippen LogP contribution in [0.25, 0.3) is 22.6 Å². The molecule has 0 saturated heterocycles. The van der Waals surface area contributed by atoms with Crippen molar-refractivity contribution in [2.24, 2.45) is 7.05 Å². The summed E-state index contributed by atoms with van der Waals surface area (Å²) in [5.74, 6) is 1.87. The Labute approximate surface area is 121 Å². The fourth-order valence-corrected chi connectivity index (χ4v) is 2.32. The van der Waals surface area contributed by atoms with Gasteiger partial charge in [-0.05, 0) is 31.0 Å². The average molecular weight is 281 g/mol. The first-order valence-corrected chi connectivity index (χ1v) is 6.93. The Morgan fingerprint density at radius 1 is 1.24 bits per heavy atom. The summed E-state index contributed by atoms with van der Waals surface area (Å²) in [5, 5.41) is 0. The van der Waals surface area contributed by atoms with E-state index in [0.717, 1.165) is 35.4 Å². The second-order valence-corrected chi connectivity index (χ2v) is 5.24. The smallest absolute Gasteiger partial charge is 0.215 e. The van der Waals surface area contributed by atoms with Crippen LogP contribution in [-0.4, -0.2) is 25.6 Å². The van der Waals surface area contributed by atoms with Crippen molar-refractivity contribution < 1.29 is 4.74 Å². The number of rotatable bonds is 3. The Kier molecular flexibility index (Phi) is 2.57. The molecule has 21 heavy (non-hydrogen) atoms. The van der Waals surface area contributed by atoms with Crippen molar-refractivity contribution in [1.29, 1.82) is 0 Å².